The van der Waals surface area contributed by atoms with Gasteiger partial charge in [-0.15, -0.1) is 0 Å². The van der Waals surface area contributed by atoms with Crippen LogP contribution < -0.4 is 14.8 Å². The van der Waals surface area contributed by atoms with Gasteiger partial charge < -0.3 is 14.8 Å². The molecule has 2 aromatic carbocycles. The highest BCUT2D eigenvalue weighted by Gasteiger charge is 2.21. The van der Waals surface area contributed by atoms with E-state index < -0.39 is 0 Å². The van der Waals surface area contributed by atoms with Crippen molar-refractivity contribution >= 4 is 5.69 Å². The van der Waals surface area contributed by atoms with Gasteiger partial charge >= 0.3 is 0 Å². The summed E-state index contributed by atoms with van der Waals surface area (Å²) in [6.45, 7) is 2.53. The summed E-state index contributed by atoms with van der Waals surface area (Å²) in [6, 6.07) is 10.6. The topological polar surface area (TPSA) is 30.5 Å². The second kappa shape index (κ2) is 5.64. The van der Waals surface area contributed by atoms with Crippen molar-refractivity contribution in [2.75, 3.05) is 12.4 Å². The molecule has 0 fully saturated rings. The Hall–Kier alpha value is -2.23. The highest BCUT2D eigenvalue weighted by atomic mass is 19.1. The summed E-state index contributed by atoms with van der Waals surface area (Å²) in [7, 11) is 1.65. The number of para-hydroxylation sites is 1. The van der Waals surface area contributed by atoms with Gasteiger partial charge in [-0.3, -0.25) is 0 Å². The molecule has 1 N–H and O–H groups in total. The quantitative estimate of drug-likeness (QED) is 0.928. The predicted molar refractivity (Wildman–Crippen MR) is 80.5 cm³/mol. The standard InChI is InChI=1S/C17H18FNO2/c1-11-7-12-8-16(20-2)13(9-17(12)21-11)10-19-15-6-4-3-5-14(15)18/h3-6,8-9,11,19H,7,10H2,1-2H3. The van der Waals surface area contributed by atoms with Crippen LogP contribution in [0.15, 0.2) is 36.4 Å². The van der Waals surface area contributed by atoms with Crippen molar-refractivity contribution in [3.05, 3.63) is 53.3 Å². The van der Waals surface area contributed by atoms with Crippen molar-refractivity contribution in [2.45, 2.75) is 26.0 Å². The number of methoxy groups -OCH3 is 1. The largest absolute Gasteiger partial charge is 0.496 e. The number of fused-ring (bicyclic) bond motifs is 1. The number of nitrogens with one attached hydrogen (secondary N) is 1. The van der Waals surface area contributed by atoms with Gasteiger partial charge in [0.2, 0.25) is 0 Å². The zero-order chi connectivity index (χ0) is 14.8. The van der Waals surface area contributed by atoms with E-state index in [1.165, 1.54) is 6.07 Å². The Morgan fingerprint density at radius 2 is 2.14 bits per heavy atom. The van der Waals surface area contributed by atoms with Crippen molar-refractivity contribution < 1.29 is 13.9 Å². The number of hydrogen-bond donors (Lipinski definition) is 1. The Balaban J connectivity index is 1.82. The van der Waals surface area contributed by atoms with Gasteiger partial charge in [-0.25, -0.2) is 4.39 Å². The van der Waals surface area contributed by atoms with Crippen LogP contribution in [0.3, 0.4) is 0 Å². The van der Waals surface area contributed by atoms with Crippen LogP contribution >= 0.6 is 0 Å². The fourth-order valence-corrected chi connectivity index (χ4v) is 2.60. The Morgan fingerprint density at radius 3 is 2.90 bits per heavy atom. The summed E-state index contributed by atoms with van der Waals surface area (Å²) in [5.74, 6) is 1.44. The van der Waals surface area contributed by atoms with E-state index in [0.29, 0.717) is 12.2 Å². The number of anilines is 1. The summed E-state index contributed by atoms with van der Waals surface area (Å²) in [5, 5.41) is 3.10. The van der Waals surface area contributed by atoms with Crippen molar-refractivity contribution in [3.63, 3.8) is 0 Å². The minimum Gasteiger partial charge on any atom is -0.496 e. The van der Waals surface area contributed by atoms with E-state index in [4.69, 9.17) is 9.47 Å². The van der Waals surface area contributed by atoms with E-state index in [9.17, 15) is 4.39 Å². The Labute approximate surface area is 123 Å². The van der Waals surface area contributed by atoms with Crippen molar-refractivity contribution in [3.8, 4) is 11.5 Å². The molecule has 1 atom stereocenters. The van der Waals surface area contributed by atoms with Gasteiger partial charge in [-0.1, -0.05) is 12.1 Å². The van der Waals surface area contributed by atoms with Crippen molar-refractivity contribution in [1.82, 2.24) is 0 Å². The average molecular weight is 287 g/mol. The van der Waals surface area contributed by atoms with Crippen LogP contribution in [-0.2, 0) is 13.0 Å². The van der Waals surface area contributed by atoms with Crippen LogP contribution in [0.5, 0.6) is 11.5 Å². The SMILES string of the molecule is COc1cc2c(cc1CNc1ccccc1F)OC(C)C2. The first kappa shape index (κ1) is 13.7. The van der Waals surface area contributed by atoms with Crippen LogP contribution in [0.1, 0.15) is 18.1 Å². The zero-order valence-corrected chi connectivity index (χ0v) is 12.2. The smallest absolute Gasteiger partial charge is 0.146 e. The first-order valence-electron chi connectivity index (χ1n) is 7.02. The first-order chi connectivity index (χ1) is 10.2. The molecule has 21 heavy (non-hydrogen) atoms. The molecule has 0 aliphatic carbocycles. The van der Waals surface area contributed by atoms with Crippen molar-refractivity contribution in [2.24, 2.45) is 0 Å². The molecule has 4 heteroatoms. The summed E-state index contributed by atoms with van der Waals surface area (Å²) in [6.07, 6.45) is 1.09. The molecule has 1 aliphatic rings. The van der Waals surface area contributed by atoms with Crippen LogP contribution in [0.2, 0.25) is 0 Å². The fourth-order valence-electron chi connectivity index (χ4n) is 2.60. The van der Waals surface area contributed by atoms with Crippen LogP contribution in [0.25, 0.3) is 0 Å². The number of rotatable bonds is 4. The summed E-state index contributed by atoms with van der Waals surface area (Å²) < 4.78 is 24.8. The van der Waals surface area contributed by atoms with Crippen LogP contribution in [0.4, 0.5) is 10.1 Å². The lowest BCUT2D eigenvalue weighted by atomic mass is 10.1. The molecule has 3 nitrogen and oxygen atoms in total. The molecule has 0 aromatic heterocycles. The lowest BCUT2D eigenvalue weighted by Crippen LogP contribution is -2.05. The van der Waals surface area contributed by atoms with Gasteiger partial charge in [0.15, 0.2) is 0 Å². The van der Waals surface area contributed by atoms with Gasteiger partial charge in [0.25, 0.3) is 0 Å². The number of benzene rings is 2. The van der Waals surface area contributed by atoms with Crippen LogP contribution in [-0.4, -0.2) is 13.2 Å². The Morgan fingerprint density at radius 1 is 1.33 bits per heavy atom. The normalized spacial score (nSPS) is 16.2. The van der Waals surface area contributed by atoms with E-state index in [-0.39, 0.29) is 11.9 Å². The third kappa shape index (κ3) is 2.79. The molecular formula is C17H18FNO2. The molecule has 110 valence electrons. The third-order valence-corrected chi connectivity index (χ3v) is 3.64. The second-order valence-corrected chi connectivity index (χ2v) is 5.24. The van der Waals surface area contributed by atoms with E-state index in [1.807, 2.05) is 19.1 Å². The second-order valence-electron chi connectivity index (χ2n) is 5.24. The minimum atomic E-state index is -0.262. The maximum atomic E-state index is 13.6. The number of hydrogen-bond acceptors (Lipinski definition) is 3. The van der Waals surface area contributed by atoms with E-state index >= 15 is 0 Å². The molecule has 0 radical (unpaired) electrons. The molecule has 0 saturated heterocycles. The molecule has 1 unspecified atom stereocenters. The Bertz CT molecular complexity index is 657. The lowest BCUT2D eigenvalue weighted by Gasteiger charge is -2.13. The van der Waals surface area contributed by atoms with Gasteiger partial charge in [0.1, 0.15) is 23.4 Å². The lowest BCUT2D eigenvalue weighted by molar-refractivity contribution is 0.254. The average Bonchev–Trinajstić information content (AvgIpc) is 2.84. The van der Waals surface area contributed by atoms with Gasteiger partial charge in [-0.2, -0.15) is 0 Å². The van der Waals surface area contributed by atoms with Crippen LogP contribution in [0, 0.1) is 5.82 Å². The number of halogens is 1. The maximum absolute atomic E-state index is 13.6. The van der Waals surface area contributed by atoms with Gasteiger partial charge in [0.05, 0.1) is 12.8 Å². The van der Waals surface area contributed by atoms with E-state index in [0.717, 1.165) is 29.0 Å². The fraction of sp³-hybridized carbons (Fsp3) is 0.294. The molecule has 2 aromatic rings. The number of ether oxygens (including phenoxy) is 2. The van der Waals surface area contributed by atoms with E-state index in [1.54, 1.807) is 25.3 Å². The molecule has 0 saturated carbocycles. The summed E-state index contributed by atoms with van der Waals surface area (Å²) in [4.78, 5) is 0. The minimum absolute atomic E-state index is 0.194. The third-order valence-electron chi connectivity index (χ3n) is 3.64. The van der Waals surface area contributed by atoms with Crippen molar-refractivity contribution in [1.29, 1.82) is 0 Å². The monoisotopic (exact) mass is 287 g/mol. The van der Waals surface area contributed by atoms with Gasteiger partial charge in [-0.05, 0) is 31.2 Å². The molecule has 1 heterocycles. The molecule has 3 rings (SSSR count). The predicted octanol–water partition coefficient (Wildman–Crippen LogP) is 3.77. The molecule has 0 spiro atoms. The van der Waals surface area contributed by atoms with Gasteiger partial charge in [0, 0.05) is 24.1 Å². The van der Waals surface area contributed by atoms with E-state index in [2.05, 4.69) is 5.32 Å². The Kier molecular flexibility index (Phi) is 3.69. The summed E-state index contributed by atoms with van der Waals surface area (Å²) >= 11 is 0. The molecule has 1 aliphatic heterocycles. The molecule has 0 amide bonds. The zero-order valence-electron chi connectivity index (χ0n) is 12.2. The molecular weight excluding hydrogens is 269 g/mol. The summed E-state index contributed by atoms with van der Waals surface area (Å²) in [5.41, 5.74) is 2.59. The first-order valence-corrected chi connectivity index (χ1v) is 7.02. The molecule has 0 bridgehead atoms. The highest BCUT2D eigenvalue weighted by molar-refractivity contribution is 5.51. The maximum Gasteiger partial charge on any atom is 0.146 e. The highest BCUT2D eigenvalue weighted by Crippen LogP contribution is 2.35.